The third-order valence-corrected chi connectivity index (χ3v) is 6.43. The van der Waals surface area contributed by atoms with Gasteiger partial charge in [0.2, 0.25) is 0 Å². The summed E-state index contributed by atoms with van der Waals surface area (Å²) in [5.74, 6) is -0.189. The molecule has 5 rings (SSSR count). The van der Waals surface area contributed by atoms with Crippen LogP contribution in [0.3, 0.4) is 0 Å². The van der Waals surface area contributed by atoms with Crippen LogP contribution in [0.15, 0.2) is 114 Å². The molecule has 1 heterocycles. The lowest BCUT2D eigenvalue weighted by Crippen LogP contribution is -2.56. The van der Waals surface area contributed by atoms with Crippen molar-refractivity contribution in [2.24, 2.45) is 4.99 Å². The van der Waals surface area contributed by atoms with Crippen molar-refractivity contribution in [2.45, 2.75) is 12.1 Å². The highest BCUT2D eigenvalue weighted by Crippen LogP contribution is 2.33. The zero-order valence-corrected chi connectivity index (χ0v) is 24.2. The van der Waals surface area contributed by atoms with Crippen LogP contribution in [0.25, 0.3) is 0 Å². The van der Waals surface area contributed by atoms with Crippen LogP contribution in [-0.2, 0) is 15.6 Å². The molecule has 0 aromatic heterocycles. The summed E-state index contributed by atoms with van der Waals surface area (Å²) in [5.41, 5.74) is 2.58. The highest BCUT2D eigenvalue weighted by Gasteiger charge is 2.41. The van der Waals surface area contributed by atoms with Crippen LogP contribution in [0.4, 0.5) is 5.69 Å². The molecule has 4 aromatic carbocycles. The molecule has 0 spiro atoms. The topological polar surface area (TPSA) is 78.8 Å². The molecule has 1 N–H and O–H groups in total. The van der Waals surface area contributed by atoms with Gasteiger partial charge in [0.1, 0.15) is 17.9 Å². The number of anilines is 1. The molecule has 0 radical (unpaired) electrons. The van der Waals surface area contributed by atoms with Crippen molar-refractivity contribution < 1.29 is 13.8 Å². The second-order valence-electron chi connectivity index (χ2n) is 9.02. The second-order valence-corrected chi connectivity index (χ2v) is 11.4. The summed E-state index contributed by atoms with van der Waals surface area (Å²) in [5, 5.41) is 4.06. The van der Waals surface area contributed by atoms with E-state index in [2.05, 4.69) is 5.32 Å². The number of benzene rings is 4. The lowest BCUT2D eigenvalue weighted by Gasteiger charge is -2.37. The van der Waals surface area contributed by atoms with Gasteiger partial charge >= 0.3 is 0 Å². The van der Waals surface area contributed by atoms with E-state index in [-0.39, 0.29) is 11.8 Å². The summed E-state index contributed by atoms with van der Waals surface area (Å²) < 4.78 is 9.56. The van der Waals surface area contributed by atoms with E-state index in [1.165, 1.54) is 4.90 Å². The zero-order chi connectivity index (χ0) is 28.6. The van der Waals surface area contributed by atoms with E-state index in [9.17, 15) is 13.8 Å². The second kappa shape index (κ2) is 13.5. The first-order valence-electron chi connectivity index (χ1n) is 12.3. The molecule has 204 valence electrons. The first-order chi connectivity index (χ1) is 19.2. The zero-order valence-electron chi connectivity index (χ0n) is 21.8. The molecule has 40 heavy (non-hydrogen) atoms. The SMILES string of the molecule is CS(C)=O.O=C(N[C@H]1C(=O)N(c2ccc(Cl)cc2)C(c2ccccc2)=N[C@@H]1c1ccc(Cl)cc1)c1ccccc1. The molecule has 0 saturated heterocycles. The Kier molecular flexibility index (Phi) is 9.88. The maximum Gasteiger partial charge on any atom is 0.257 e. The summed E-state index contributed by atoms with van der Waals surface area (Å²) in [7, 11) is -0.611. The van der Waals surface area contributed by atoms with Gasteiger partial charge in [0.15, 0.2) is 0 Å². The van der Waals surface area contributed by atoms with Gasteiger partial charge < -0.3 is 5.32 Å². The molecular formula is C31H27Cl2N3O3S. The van der Waals surface area contributed by atoms with Gasteiger partial charge in [0.25, 0.3) is 11.8 Å². The number of halogens is 2. The van der Waals surface area contributed by atoms with Gasteiger partial charge in [-0.25, -0.2) is 0 Å². The van der Waals surface area contributed by atoms with Gasteiger partial charge in [-0.1, -0.05) is 83.9 Å². The summed E-state index contributed by atoms with van der Waals surface area (Å²) >= 11 is 12.2. The number of nitrogens with one attached hydrogen (secondary N) is 1. The quantitative estimate of drug-likeness (QED) is 0.295. The van der Waals surface area contributed by atoms with Gasteiger partial charge in [0, 0.05) is 44.5 Å². The minimum Gasteiger partial charge on any atom is -0.338 e. The Labute approximate surface area is 246 Å². The molecule has 1 aliphatic heterocycles. The fourth-order valence-corrected chi connectivity index (χ4v) is 4.41. The van der Waals surface area contributed by atoms with Gasteiger partial charge in [0.05, 0.1) is 5.69 Å². The predicted octanol–water partition coefficient (Wildman–Crippen LogP) is 6.32. The van der Waals surface area contributed by atoms with Crippen molar-refractivity contribution in [2.75, 3.05) is 17.4 Å². The van der Waals surface area contributed by atoms with Crippen LogP contribution >= 0.6 is 23.2 Å². The minimum atomic E-state index is -0.956. The van der Waals surface area contributed by atoms with Crippen LogP contribution in [0.5, 0.6) is 0 Å². The standard InChI is InChI=1S/C29H21Cl2N3O2.C2H6OS/c30-22-13-11-19(12-14-22)25-26(33-28(35)21-9-5-2-6-10-21)29(36)34(24-17-15-23(31)16-18-24)27(32-25)20-7-3-1-4-8-20;1-4(2)3/h1-18,25-26H,(H,33,35);1-2H3/t25-,26-;/m1./s1. The van der Waals surface area contributed by atoms with E-state index in [0.717, 1.165) is 11.1 Å². The monoisotopic (exact) mass is 591 g/mol. The number of aliphatic imine (C=N–C) groups is 1. The van der Waals surface area contributed by atoms with Crippen molar-refractivity contribution in [1.82, 2.24) is 5.32 Å². The fraction of sp³-hybridized carbons (Fsp3) is 0.129. The first-order valence-corrected chi connectivity index (χ1v) is 15.1. The van der Waals surface area contributed by atoms with Crippen LogP contribution in [0, 0.1) is 0 Å². The summed E-state index contributed by atoms with van der Waals surface area (Å²) in [6.45, 7) is 0. The Bertz CT molecular complexity index is 1510. The van der Waals surface area contributed by atoms with Crippen LogP contribution in [-0.4, -0.2) is 40.4 Å². The Morgan fingerprint density at radius 2 is 1.30 bits per heavy atom. The largest absolute Gasteiger partial charge is 0.338 e. The third kappa shape index (κ3) is 7.24. The highest BCUT2D eigenvalue weighted by molar-refractivity contribution is 7.83. The lowest BCUT2D eigenvalue weighted by molar-refractivity contribution is -0.120. The molecular weight excluding hydrogens is 565 g/mol. The fourth-order valence-electron chi connectivity index (χ4n) is 4.15. The number of carbonyl (C=O) groups excluding carboxylic acids is 2. The summed E-state index contributed by atoms with van der Waals surface area (Å²) in [4.78, 5) is 33.9. The number of amides is 2. The first kappa shape index (κ1) is 29.2. The number of hydrogen-bond donors (Lipinski definition) is 1. The molecule has 4 aromatic rings. The van der Waals surface area contributed by atoms with Gasteiger partial charge in [-0.15, -0.1) is 0 Å². The molecule has 0 bridgehead atoms. The maximum atomic E-state index is 14.2. The van der Waals surface area contributed by atoms with Crippen molar-refractivity contribution >= 4 is 57.3 Å². The number of carbonyl (C=O) groups is 2. The molecule has 2 atom stereocenters. The van der Waals surface area contributed by atoms with E-state index in [1.54, 1.807) is 73.2 Å². The Hall–Kier alpha value is -3.78. The summed E-state index contributed by atoms with van der Waals surface area (Å²) in [6, 6.07) is 30.8. The number of nitrogens with zero attached hydrogens (tertiary/aromatic N) is 2. The Morgan fingerprint density at radius 1 is 0.800 bits per heavy atom. The summed E-state index contributed by atoms with van der Waals surface area (Å²) in [6.07, 6.45) is 3.28. The molecule has 0 saturated carbocycles. The van der Waals surface area contributed by atoms with Gasteiger partial charge in [-0.2, -0.15) is 0 Å². The minimum absolute atomic E-state index is 0.310. The van der Waals surface area contributed by atoms with E-state index in [0.29, 0.717) is 27.1 Å². The van der Waals surface area contributed by atoms with Crippen LogP contribution < -0.4 is 10.2 Å². The van der Waals surface area contributed by atoms with Crippen molar-refractivity contribution in [3.8, 4) is 0 Å². The molecule has 2 amide bonds. The molecule has 0 fully saturated rings. The number of rotatable bonds is 5. The molecule has 0 aliphatic carbocycles. The molecule has 9 heteroatoms. The van der Waals surface area contributed by atoms with Crippen molar-refractivity contribution in [1.29, 1.82) is 0 Å². The maximum absolute atomic E-state index is 14.2. The van der Waals surface area contributed by atoms with E-state index >= 15 is 0 Å². The average Bonchev–Trinajstić information content (AvgIpc) is 2.95. The number of hydrogen-bond acceptors (Lipinski definition) is 4. The average molecular weight is 593 g/mol. The van der Waals surface area contributed by atoms with Crippen molar-refractivity contribution in [3.63, 3.8) is 0 Å². The smallest absolute Gasteiger partial charge is 0.257 e. The normalized spacial score (nSPS) is 16.6. The Morgan fingerprint density at radius 3 is 1.85 bits per heavy atom. The molecule has 6 nitrogen and oxygen atoms in total. The number of amidine groups is 1. The highest BCUT2D eigenvalue weighted by atomic mass is 35.5. The lowest BCUT2D eigenvalue weighted by atomic mass is 9.94. The van der Waals surface area contributed by atoms with Gasteiger partial charge in [-0.05, 0) is 54.1 Å². The van der Waals surface area contributed by atoms with E-state index < -0.39 is 22.9 Å². The Balaban J connectivity index is 0.000000867. The molecule has 1 aliphatic rings. The van der Waals surface area contributed by atoms with Crippen molar-refractivity contribution in [3.05, 3.63) is 136 Å². The predicted molar refractivity (Wildman–Crippen MR) is 164 cm³/mol. The third-order valence-electron chi connectivity index (χ3n) is 5.93. The van der Waals surface area contributed by atoms with E-state index in [1.807, 2.05) is 48.5 Å². The molecule has 0 unspecified atom stereocenters. The van der Waals surface area contributed by atoms with Crippen LogP contribution in [0.1, 0.15) is 27.5 Å². The van der Waals surface area contributed by atoms with Crippen LogP contribution in [0.2, 0.25) is 10.0 Å². The van der Waals surface area contributed by atoms with E-state index in [4.69, 9.17) is 28.2 Å². The van der Waals surface area contributed by atoms with Gasteiger partial charge in [-0.3, -0.25) is 23.7 Å².